The number of carbonyl (C=O) groups is 1. The van der Waals surface area contributed by atoms with Crippen molar-refractivity contribution in [2.24, 2.45) is 0 Å². The Morgan fingerprint density at radius 1 is 1.35 bits per heavy atom. The van der Waals surface area contributed by atoms with Crippen LogP contribution in [0, 0.1) is 11.3 Å². The molecule has 1 aromatic carbocycles. The highest BCUT2D eigenvalue weighted by Crippen LogP contribution is 2.20. The highest BCUT2D eigenvalue weighted by atomic mass is 35.5. The number of rotatable bonds is 4. The summed E-state index contributed by atoms with van der Waals surface area (Å²) in [4.78, 5) is 13.6. The Morgan fingerprint density at radius 2 is 1.94 bits per heavy atom. The standard InChI is InChI=1S/C12H12Cl2N2O/c1-2-4-16(5-3-15)12(17)9-6-10(13)8-11(14)7-9/h6-8H,2,4-5H2,1H3. The number of nitriles is 1. The molecule has 0 atom stereocenters. The van der Waals surface area contributed by atoms with Crippen molar-refractivity contribution >= 4 is 29.1 Å². The Balaban J connectivity index is 2.96. The zero-order chi connectivity index (χ0) is 12.8. The summed E-state index contributed by atoms with van der Waals surface area (Å²) in [5.74, 6) is -0.224. The summed E-state index contributed by atoms with van der Waals surface area (Å²) >= 11 is 11.7. The summed E-state index contributed by atoms with van der Waals surface area (Å²) in [6, 6.07) is 6.64. The second kappa shape index (κ2) is 6.48. The van der Waals surface area contributed by atoms with Crippen molar-refractivity contribution in [3.8, 4) is 6.07 Å². The SMILES string of the molecule is CCCN(CC#N)C(=O)c1cc(Cl)cc(Cl)c1. The molecule has 0 saturated heterocycles. The Hall–Kier alpha value is -1.24. The molecule has 5 heteroatoms. The minimum atomic E-state index is -0.224. The molecule has 17 heavy (non-hydrogen) atoms. The smallest absolute Gasteiger partial charge is 0.254 e. The molecule has 3 nitrogen and oxygen atoms in total. The lowest BCUT2D eigenvalue weighted by Gasteiger charge is -2.18. The van der Waals surface area contributed by atoms with Gasteiger partial charge < -0.3 is 4.90 Å². The zero-order valence-corrected chi connectivity index (χ0v) is 10.9. The molecular weight excluding hydrogens is 259 g/mol. The van der Waals surface area contributed by atoms with Gasteiger partial charge in [-0.15, -0.1) is 0 Å². The second-order valence-corrected chi connectivity index (χ2v) is 4.42. The van der Waals surface area contributed by atoms with E-state index >= 15 is 0 Å². The van der Waals surface area contributed by atoms with Gasteiger partial charge in [-0.05, 0) is 24.6 Å². The Bertz CT molecular complexity index is 434. The number of benzene rings is 1. The largest absolute Gasteiger partial charge is 0.325 e. The van der Waals surface area contributed by atoms with Gasteiger partial charge in [0.05, 0.1) is 6.07 Å². The van der Waals surface area contributed by atoms with Gasteiger partial charge in [-0.25, -0.2) is 0 Å². The van der Waals surface area contributed by atoms with E-state index in [4.69, 9.17) is 28.5 Å². The van der Waals surface area contributed by atoms with Gasteiger partial charge in [0.25, 0.3) is 5.91 Å². The highest BCUT2D eigenvalue weighted by molar-refractivity contribution is 6.35. The molecule has 0 fully saturated rings. The number of hydrogen-bond donors (Lipinski definition) is 0. The van der Waals surface area contributed by atoms with E-state index in [1.165, 1.54) is 4.90 Å². The molecule has 0 radical (unpaired) electrons. The lowest BCUT2D eigenvalue weighted by atomic mass is 10.2. The molecule has 0 aliphatic carbocycles. The third-order valence-corrected chi connectivity index (χ3v) is 2.59. The molecule has 1 aromatic rings. The van der Waals surface area contributed by atoms with E-state index in [1.54, 1.807) is 18.2 Å². The van der Waals surface area contributed by atoms with Gasteiger partial charge in [0.1, 0.15) is 6.54 Å². The summed E-state index contributed by atoms with van der Waals surface area (Å²) in [5.41, 5.74) is 0.409. The van der Waals surface area contributed by atoms with Gasteiger partial charge in [0.15, 0.2) is 0 Å². The van der Waals surface area contributed by atoms with Crippen LogP contribution in [0.1, 0.15) is 23.7 Å². The van der Waals surface area contributed by atoms with Crippen molar-refractivity contribution in [3.63, 3.8) is 0 Å². The van der Waals surface area contributed by atoms with E-state index in [-0.39, 0.29) is 12.5 Å². The maximum atomic E-state index is 12.1. The quantitative estimate of drug-likeness (QED) is 0.788. The first-order chi connectivity index (χ1) is 8.08. The molecular formula is C12H12Cl2N2O. The molecule has 0 N–H and O–H groups in total. The van der Waals surface area contributed by atoms with Crippen LogP contribution in [0.15, 0.2) is 18.2 Å². The van der Waals surface area contributed by atoms with Crippen molar-refractivity contribution in [1.82, 2.24) is 4.90 Å². The van der Waals surface area contributed by atoms with Gasteiger partial charge in [0, 0.05) is 22.2 Å². The van der Waals surface area contributed by atoms with Crippen LogP contribution in [0.25, 0.3) is 0 Å². The van der Waals surface area contributed by atoms with Gasteiger partial charge in [-0.3, -0.25) is 4.79 Å². The molecule has 1 rings (SSSR count). The maximum absolute atomic E-state index is 12.1. The van der Waals surface area contributed by atoms with Crippen LogP contribution < -0.4 is 0 Å². The third kappa shape index (κ3) is 3.92. The van der Waals surface area contributed by atoms with Crippen molar-refractivity contribution in [2.45, 2.75) is 13.3 Å². The van der Waals surface area contributed by atoms with Crippen LogP contribution in [0.4, 0.5) is 0 Å². The van der Waals surface area contributed by atoms with Gasteiger partial charge in [-0.2, -0.15) is 5.26 Å². The van der Waals surface area contributed by atoms with E-state index in [1.807, 2.05) is 13.0 Å². The van der Waals surface area contributed by atoms with E-state index in [9.17, 15) is 4.79 Å². The van der Waals surface area contributed by atoms with E-state index in [2.05, 4.69) is 0 Å². The zero-order valence-electron chi connectivity index (χ0n) is 9.41. The highest BCUT2D eigenvalue weighted by Gasteiger charge is 2.15. The monoisotopic (exact) mass is 270 g/mol. The summed E-state index contributed by atoms with van der Waals surface area (Å²) in [6.07, 6.45) is 0.793. The summed E-state index contributed by atoms with van der Waals surface area (Å²) in [5, 5.41) is 9.49. The average Bonchev–Trinajstić information content (AvgIpc) is 2.26. The van der Waals surface area contributed by atoms with Crippen LogP contribution >= 0.6 is 23.2 Å². The molecule has 0 spiro atoms. The third-order valence-electron chi connectivity index (χ3n) is 2.15. The summed E-state index contributed by atoms with van der Waals surface area (Å²) in [6.45, 7) is 2.55. The maximum Gasteiger partial charge on any atom is 0.254 e. The number of amides is 1. The van der Waals surface area contributed by atoms with Crippen molar-refractivity contribution in [3.05, 3.63) is 33.8 Å². The van der Waals surface area contributed by atoms with E-state index < -0.39 is 0 Å². The fourth-order valence-electron chi connectivity index (χ4n) is 1.47. The minimum Gasteiger partial charge on any atom is -0.325 e. The number of halogens is 2. The molecule has 0 heterocycles. The van der Waals surface area contributed by atoms with Crippen LogP contribution in [0.2, 0.25) is 10.0 Å². The Labute approximate surface area is 111 Å². The van der Waals surface area contributed by atoms with Crippen LogP contribution in [-0.4, -0.2) is 23.9 Å². The van der Waals surface area contributed by atoms with Crippen molar-refractivity contribution in [1.29, 1.82) is 5.26 Å². The molecule has 0 aliphatic rings. The average molecular weight is 271 g/mol. The number of carbonyl (C=O) groups excluding carboxylic acids is 1. The van der Waals surface area contributed by atoms with Gasteiger partial charge in [0.2, 0.25) is 0 Å². The first-order valence-electron chi connectivity index (χ1n) is 5.20. The minimum absolute atomic E-state index is 0.0663. The topological polar surface area (TPSA) is 44.1 Å². The number of hydrogen-bond acceptors (Lipinski definition) is 2. The van der Waals surface area contributed by atoms with Crippen LogP contribution in [0.3, 0.4) is 0 Å². The first kappa shape index (κ1) is 13.8. The normalized spacial score (nSPS) is 9.76. The molecule has 0 unspecified atom stereocenters. The summed E-state index contributed by atoms with van der Waals surface area (Å²) in [7, 11) is 0. The molecule has 0 saturated carbocycles. The number of nitrogens with zero attached hydrogens (tertiary/aromatic N) is 2. The molecule has 90 valence electrons. The van der Waals surface area contributed by atoms with E-state index in [0.29, 0.717) is 22.2 Å². The molecule has 0 aromatic heterocycles. The van der Waals surface area contributed by atoms with E-state index in [0.717, 1.165) is 6.42 Å². The molecule has 1 amide bonds. The fraction of sp³-hybridized carbons (Fsp3) is 0.333. The second-order valence-electron chi connectivity index (χ2n) is 3.54. The van der Waals surface area contributed by atoms with Crippen LogP contribution in [-0.2, 0) is 0 Å². The van der Waals surface area contributed by atoms with Crippen molar-refractivity contribution in [2.75, 3.05) is 13.1 Å². The summed E-state index contributed by atoms with van der Waals surface area (Å²) < 4.78 is 0. The Kier molecular flexibility index (Phi) is 5.27. The predicted octanol–water partition coefficient (Wildman–Crippen LogP) is 3.37. The van der Waals surface area contributed by atoms with Crippen LogP contribution in [0.5, 0.6) is 0 Å². The Morgan fingerprint density at radius 3 is 2.41 bits per heavy atom. The van der Waals surface area contributed by atoms with Gasteiger partial charge in [-0.1, -0.05) is 30.1 Å². The molecule has 0 bridgehead atoms. The first-order valence-corrected chi connectivity index (χ1v) is 5.96. The lowest BCUT2D eigenvalue weighted by molar-refractivity contribution is 0.0776. The lowest BCUT2D eigenvalue weighted by Crippen LogP contribution is -2.32. The van der Waals surface area contributed by atoms with Gasteiger partial charge >= 0.3 is 0 Å². The fourth-order valence-corrected chi connectivity index (χ4v) is 1.99. The van der Waals surface area contributed by atoms with Crippen molar-refractivity contribution < 1.29 is 4.79 Å². The molecule has 0 aliphatic heterocycles. The predicted molar refractivity (Wildman–Crippen MR) is 68.3 cm³/mol.